The van der Waals surface area contributed by atoms with Crippen LogP contribution in [0.5, 0.6) is 0 Å². The first-order valence-corrected chi connectivity index (χ1v) is 11.4. The van der Waals surface area contributed by atoms with Gasteiger partial charge in [-0.05, 0) is 55.2 Å². The van der Waals surface area contributed by atoms with Crippen molar-refractivity contribution in [3.63, 3.8) is 0 Å². The highest BCUT2D eigenvalue weighted by atomic mass is 19.1. The SMILES string of the molecule is CC(C)CNc1nc(-c2ccc(F)cc2)cn2c(-c3ccc(C(=O)NC4CC4)c(F)c3)cnc12. The fraction of sp³-hybridized carbons (Fsp3) is 0.269. The Morgan fingerprint density at radius 2 is 1.85 bits per heavy atom. The van der Waals surface area contributed by atoms with E-state index in [1.54, 1.807) is 30.6 Å². The zero-order valence-electron chi connectivity index (χ0n) is 19.0. The van der Waals surface area contributed by atoms with Crippen LogP contribution < -0.4 is 10.6 Å². The smallest absolute Gasteiger partial charge is 0.254 e. The van der Waals surface area contributed by atoms with Crippen molar-refractivity contribution in [2.45, 2.75) is 32.7 Å². The molecule has 1 aliphatic carbocycles. The predicted molar refractivity (Wildman–Crippen MR) is 128 cm³/mol. The summed E-state index contributed by atoms with van der Waals surface area (Å²) < 4.78 is 30.2. The van der Waals surface area contributed by atoms with E-state index in [-0.39, 0.29) is 17.4 Å². The third-order valence-corrected chi connectivity index (χ3v) is 5.73. The molecular weight excluding hydrogens is 436 g/mol. The molecule has 34 heavy (non-hydrogen) atoms. The maximum atomic E-state index is 14.9. The fourth-order valence-corrected chi connectivity index (χ4v) is 3.73. The number of rotatable bonds is 7. The van der Waals surface area contributed by atoms with Crippen LogP contribution in [-0.2, 0) is 0 Å². The van der Waals surface area contributed by atoms with Gasteiger partial charge in [-0.3, -0.25) is 9.20 Å². The molecule has 1 fully saturated rings. The average molecular weight is 462 g/mol. The first-order valence-electron chi connectivity index (χ1n) is 11.4. The van der Waals surface area contributed by atoms with Crippen molar-refractivity contribution in [3.8, 4) is 22.5 Å². The zero-order chi connectivity index (χ0) is 23.8. The number of imidazole rings is 1. The summed E-state index contributed by atoms with van der Waals surface area (Å²) in [6.07, 6.45) is 5.33. The quantitative estimate of drug-likeness (QED) is 0.392. The van der Waals surface area contributed by atoms with Gasteiger partial charge in [0.1, 0.15) is 11.6 Å². The van der Waals surface area contributed by atoms with Crippen molar-refractivity contribution in [3.05, 3.63) is 72.1 Å². The van der Waals surface area contributed by atoms with Gasteiger partial charge in [0.15, 0.2) is 11.5 Å². The molecule has 8 heteroatoms. The van der Waals surface area contributed by atoms with Crippen LogP contribution >= 0.6 is 0 Å². The number of carbonyl (C=O) groups is 1. The highest BCUT2D eigenvalue weighted by Crippen LogP contribution is 2.29. The number of fused-ring (bicyclic) bond motifs is 1. The predicted octanol–water partition coefficient (Wildman–Crippen LogP) is 5.30. The number of amides is 1. The summed E-state index contributed by atoms with van der Waals surface area (Å²) in [4.78, 5) is 21.6. The standard InChI is InChI=1S/C26H25F2N5O/c1-15(2)12-29-24-25-30-13-23(33(25)14-22(32-24)16-3-6-18(27)7-4-16)17-5-10-20(21(28)11-17)26(34)31-19-8-9-19/h3-7,10-11,13-15,19H,8-9,12H2,1-2H3,(H,29,32)(H,31,34). The minimum atomic E-state index is -0.587. The largest absolute Gasteiger partial charge is 0.367 e. The van der Waals surface area contributed by atoms with Gasteiger partial charge in [-0.2, -0.15) is 0 Å². The fourth-order valence-electron chi connectivity index (χ4n) is 3.73. The van der Waals surface area contributed by atoms with Crippen molar-refractivity contribution in [2.75, 3.05) is 11.9 Å². The van der Waals surface area contributed by atoms with Gasteiger partial charge in [0.25, 0.3) is 5.91 Å². The molecule has 2 N–H and O–H groups in total. The molecule has 6 nitrogen and oxygen atoms in total. The van der Waals surface area contributed by atoms with Crippen molar-refractivity contribution < 1.29 is 13.6 Å². The molecule has 4 aromatic rings. The van der Waals surface area contributed by atoms with Crippen LogP contribution in [0.2, 0.25) is 0 Å². The molecular formula is C26H25F2N5O. The summed E-state index contributed by atoms with van der Waals surface area (Å²) in [5.74, 6) is -0.339. The van der Waals surface area contributed by atoms with Crippen LogP contribution in [0.25, 0.3) is 28.2 Å². The highest BCUT2D eigenvalue weighted by molar-refractivity contribution is 5.95. The summed E-state index contributed by atoms with van der Waals surface area (Å²) in [5.41, 5.74) is 3.23. The molecule has 2 aromatic heterocycles. The Hall–Kier alpha value is -3.81. The van der Waals surface area contributed by atoms with E-state index < -0.39 is 11.7 Å². The normalized spacial score (nSPS) is 13.4. The summed E-state index contributed by atoms with van der Waals surface area (Å²) in [5, 5.41) is 6.15. The van der Waals surface area contributed by atoms with Crippen molar-refractivity contribution in [2.24, 2.45) is 5.92 Å². The van der Waals surface area contributed by atoms with E-state index in [2.05, 4.69) is 29.5 Å². The van der Waals surface area contributed by atoms with Gasteiger partial charge in [0.2, 0.25) is 0 Å². The topological polar surface area (TPSA) is 71.3 Å². The minimum Gasteiger partial charge on any atom is -0.367 e. The lowest BCUT2D eigenvalue weighted by atomic mass is 10.1. The van der Waals surface area contributed by atoms with Crippen molar-refractivity contribution in [1.82, 2.24) is 19.7 Å². The summed E-state index contributed by atoms with van der Waals surface area (Å²) >= 11 is 0. The molecule has 0 aliphatic heterocycles. The first kappa shape index (κ1) is 22.0. The van der Waals surface area contributed by atoms with Crippen LogP contribution in [0.1, 0.15) is 37.0 Å². The maximum Gasteiger partial charge on any atom is 0.254 e. The number of anilines is 1. The Bertz CT molecular complexity index is 1360. The molecule has 2 aromatic carbocycles. The average Bonchev–Trinajstić information content (AvgIpc) is 3.52. The lowest BCUT2D eigenvalue weighted by molar-refractivity contribution is 0.0947. The van der Waals surface area contributed by atoms with Crippen LogP contribution in [0.15, 0.2) is 54.9 Å². The lowest BCUT2D eigenvalue weighted by Crippen LogP contribution is -2.26. The molecule has 0 unspecified atom stereocenters. The number of benzene rings is 2. The molecule has 0 spiro atoms. The summed E-state index contributed by atoms with van der Waals surface area (Å²) in [6, 6.07) is 10.8. The molecule has 174 valence electrons. The van der Waals surface area contributed by atoms with Gasteiger partial charge < -0.3 is 10.6 Å². The van der Waals surface area contributed by atoms with Gasteiger partial charge in [-0.15, -0.1) is 0 Å². The summed E-state index contributed by atoms with van der Waals surface area (Å²) in [7, 11) is 0. The maximum absolute atomic E-state index is 14.9. The molecule has 5 rings (SSSR count). The van der Waals surface area contributed by atoms with Crippen LogP contribution in [0.3, 0.4) is 0 Å². The number of nitrogens with zero attached hydrogens (tertiary/aromatic N) is 3. The number of hydrogen-bond donors (Lipinski definition) is 2. The van der Waals surface area contributed by atoms with E-state index in [1.807, 2.05) is 4.40 Å². The third-order valence-electron chi connectivity index (χ3n) is 5.73. The second-order valence-corrected chi connectivity index (χ2v) is 9.04. The number of hydrogen-bond acceptors (Lipinski definition) is 4. The van der Waals surface area contributed by atoms with Crippen LogP contribution in [-0.4, -0.2) is 32.9 Å². The van der Waals surface area contributed by atoms with E-state index in [4.69, 9.17) is 4.98 Å². The zero-order valence-corrected chi connectivity index (χ0v) is 19.0. The Balaban J connectivity index is 1.58. The highest BCUT2D eigenvalue weighted by Gasteiger charge is 2.25. The van der Waals surface area contributed by atoms with E-state index in [0.29, 0.717) is 40.9 Å². The van der Waals surface area contributed by atoms with Crippen LogP contribution in [0.4, 0.5) is 14.6 Å². The Morgan fingerprint density at radius 3 is 2.53 bits per heavy atom. The molecule has 0 atom stereocenters. The number of aromatic nitrogens is 3. The molecule has 2 heterocycles. The second-order valence-electron chi connectivity index (χ2n) is 9.04. The van der Waals surface area contributed by atoms with Gasteiger partial charge in [-0.1, -0.05) is 19.9 Å². The third kappa shape index (κ3) is 4.48. The van der Waals surface area contributed by atoms with Gasteiger partial charge in [0.05, 0.1) is 23.1 Å². The van der Waals surface area contributed by atoms with E-state index >= 15 is 0 Å². The molecule has 1 aliphatic rings. The van der Waals surface area contributed by atoms with Crippen molar-refractivity contribution in [1.29, 1.82) is 0 Å². The van der Waals surface area contributed by atoms with Crippen molar-refractivity contribution >= 4 is 17.4 Å². The molecule has 1 saturated carbocycles. The van der Waals surface area contributed by atoms with E-state index in [9.17, 15) is 13.6 Å². The Labute approximate surface area is 196 Å². The van der Waals surface area contributed by atoms with Gasteiger partial charge >= 0.3 is 0 Å². The monoisotopic (exact) mass is 461 g/mol. The lowest BCUT2D eigenvalue weighted by Gasteiger charge is -2.13. The van der Waals surface area contributed by atoms with Crippen LogP contribution in [0, 0.1) is 17.6 Å². The minimum absolute atomic E-state index is 0.0254. The first-order chi connectivity index (χ1) is 16.4. The number of carbonyl (C=O) groups excluding carboxylic acids is 1. The summed E-state index contributed by atoms with van der Waals surface area (Å²) in [6.45, 7) is 4.88. The molecule has 1 amide bonds. The molecule has 0 saturated heterocycles. The number of halogens is 2. The molecule has 0 radical (unpaired) electrons. The van der Waals surface area contributed by atoms with E-state index in [0.717, 1.165) is 18.4 Å². The van der Waals surface area contributed by atoms with Gasteiger partial charge in [-0.25, -0.2) is 18.7 Å². The van der Waals surface area contributed by atoms with E-state index in [1.165, 1.54) is 24.3 Å². The Morgan fingerprint density at radius 1 is 1.12 bits per heavy atom. The second kappa shape index (κ2) is 8.85. The number of nitrogens with one attached hydrogen (secondary N) is 2. The molecule has 0 bridgehead atoms. The Kier molecular flexibility index (Phi) is 5.73. The van der Waals surface area contributed by atoms with Gasteiger partial charge in [0, 0.05) is 29.9 Å².